The third kappa shape index (κ3) is 2.63. The van der Waals surface area contributed by atoms with Gasteiger partial charge in [0.05, 0.1) is 6.61 Å². The second-order valence-corrected chi connectivity index (χ2v) is 3.62. The van der Waals surface area contributed by atoms with Crippen LogP contribution in [0.4, 0.5) is 4.39 Å². The Kier molecular flexibility index (Phi) is 3.97. The van der Waals surface area contributed by atoms with Gasteiger partial charge in [-0.05, 0) is 37.1 Å². The number of hydrogen-bond donors (Lipinski definition) is 1. The number of carbonyl (C=O) groups excluding carboxylic acids is 1. The maximum atomic E-state index is 13.0. The number of aliphatic hydroxyl groups excluding tert-OH is 1. The molecule has 82 valence electrons. The molecule has 0 aliphatic carbocycles. The maximum Gasteiger partial charge on any atom is 0.168 e. The summed E-state index contributed by atoms with van der Waals surface area (Å²) in [6.07, 6.45) is 0.589. The lowest BCUT2D eigenvalue weighted by Crippen LogP contribution is -2.18. The van der Waals surface area contributed by atoms with Crippen molar-refractivity contribution in [3.05, 3.63) is 35.1 Å². The third-order valence-corrected chi connectivity index (χ3v) is 2.53. The van der Waals surface area contributed by atoms with Crippen LogP contribution >= 0.6 is 0 Å². The van der Waals surface area contributed by atoms with E-state index in [0.29, 0.717) is 17.5 Å². The van der Waals surface area contributed by atoms with Gasteiger partial charge in [0.1, 0.15) is 5.82 Å². The van der Waals surface area contributed by atoms with E-state index in [-0.39, 0.29) is 24.1 Å². The lowest BCUT2D eigenvalue weighted by atomic mass is 9.95. The molecule has 1 N–H and O–H groups in total. The molecule has 3 heteroatoms. The average molecular weight is 210 g/mol. The number of aliphatic hydroxyl groups is 1. The fraction of sp³-hybridized carbons (Fsp3) is 0.417. The zero-order valence-electron chi connectivity index (χ0n) is 8.96. The number of rotatable bonds is 4. The van der Waals surface area contributed by atoms with Crippen molar-refractivity contribution >= 4 is 5.78 Å². The summed E-state index contributed by atoms with van der Waals surface area (Å²) in [7, 11) is 0. The third-order valence-electron chi connectivity index (χ3n) is 2.53. The Balaban J connectivity index is 2.96. The van der Waals surface area contributed by atoms with Gasteiger partial charge in [-0.3, -0.25) is 4.79 Å². The fourth-order valence-electron chi connectivity index (χ4n) is 1.43. The Labute approximate surface area is 88.7 Å². The Hall–Kier alpha value is -1.22. The minimum atomic E-state index is -0.380. The largest absolute Gasteiger partial charge is 0.396 e. The first-order valence-electron chi connectivity index (χ1n) is 5.01. The molecule has 0 aliphatic rings. The van der Waals surface area contributed by atoms with Crippen molar-refractivity contribution in [3.8, 4) is 0 Å². The van der Waals surface area contributed by atoms with Crippen LogP contribution in [0.25, 0.3) is 0 Å². The minimum Gasteiger partial charge on any atom is -0.396 e. The zero-order valence-corrected chi connectivity index (χ0v) is 8.96. The highest BCUT2D eigenvalue weighted by atomic mass is 19.1. The number of benzene rings is 1. The van der Waals surface area contributed by atoms with Gasteiger partial charge in [-0.15, -0.1) is 0 Å². The van der Waals surface area contributed by atoms with Gasteiger partial charge < -0.3 is 5.11 Å². The molecule has 1 aromatic rings. The van der Waals surface area contributed by atoms with E-state index >= 15 is 0 Å². The molecule has 1 aromatic carbocycles. The quantitative estimate of drug-likeness (QED) is 0.774. The molecule has 1 atom stereocenters. The summed E-state index contributed by atoms with van der Waals surface area (Å²) in [6, 6.07) is 4.27. The Morgan fingerprint density at radius 1 is 1.53 bits per heavy atom. The highest BCUT2D eigenvalue weighted by Crippen LogP contribution is 2.15. The first-order valence-corrected chi connectivity index (χ1v) is 5.01. The van der Waals surface area contributed by atoms with E-state index in [9.17, 15) is 9.18 Å². The van der Waals surface area contributed by atoms with Crippen molar-refractivity contribution in [1.29, 1.82) is 0 Å². The standard InChI is InChI=1S/C12H15FO2/c1-3-9(7-14)12(15)10-4-5-11(13)8(2)6-10/h4-6,9,14H,3,7H2,1-2H3. The molecule has 0 saturated carbocycles. The van der Waals surface area contributed by atoms with E-state index < -0.39 is 0 Å². The number of carbonyl (C=O) groups is 1. The van der Waals surface area contributed by atoms with Crippen molar-refractivity contribution in [2.75, 3.05) is 6.61 Å². The van der Waals surface area contributed by atoms with Crippen LogP contribution in [0.3, 0.4) is 0 Å². The van der Waals surface area contributed by atoms with Crippen molar-refractivity contribution in [1.82, 2.24) is 0 Å². The first kappa shape index (κ1) is 11.9. The van der Waals surface area contributed by atoms with E-state index in [1.807, 2.05) is 6.92 Å². The van der Waals surface area contributed by atoms with Gasteiger partial charge in [0, 0.05) is 11.5 Å². The van der Waals surface area contributed by atoms with Gasteiger partial charge >= 0.3 is 0 Å². The molecule has 0 aromatic heterocycles. The van der Waals surface area contributed by atoms with Crippen LogP contribution in [-0.4, -0.2) is 17.5 Å². The summed E-state index contributed by atoms with van der Waals surface area (Å²) in [5.41, 5.74) is 0.920. The molecule has 0 spiro atoms. The summed E-state index contributed by atoms with van der Waals surface area (Å²) in [6.45, 7) is 3.30. The molecule has 2 nitrogen and oxygen atoms in total. The van der Waals surface area contributed by atoms with Crippen LogP contribution in [0, 0.1) is 18.7 Å². The molecule has 0 heterocycles. The lowest BCUT2D eigenvalue weighted by molar-refractivity contribution is 0.0856. The topological polar surface area (TPSA) is 37.3 Å². The zero-order chi connectivity index (χ0) is 11.4. The minimum absolute atomic E-state index is 0.122. The predicted octanol–water partition coefficient (Wildman–Crippen LogP) is 2.34. The fourth-order valence-corrected chi connectivity index (χ4v) is 1.43. The van der Waals surface area contributed by atoms with Crippen LogP contribution in [0.5, 0.6) is 0 Å². The number of Topliss-reactive ketones (excluding diaryl/α,β-unsaturated/α-hetero) is 1. The van der Waals surface area contributed by atoms with E-state index in [1.165, 1.54) is 18.2 Å². The molecule has 0 bridgehead atoms. The second-order valence-electron chi connectivity index (χ2n) is 3.62. The Morgan fingerprint density at radius 3 is 2.67 bits per heavy atom. The number of ketones is 1. The molecule has 0 aliphatic heterocycles. The number of aryl methyl sites for hydroxylation is 1. The Bertz CT molecular complexity index is 357. The summed E-state index contributed by atoms with van der Waals surface area (Å²) < 4.78 is 13.0. The molecule has 0 saturated heterocycles. The predicted molar refractivity (Wildman–Crippen MR) is 56.3 cm³/mol. The number of halogens is 1. The van der Waals surface area contributed by atoms with Crippen molar-refractivity contribution in [2.45, 2.75) is 20.3 Å². The van der Waals surface area contributed by atoms with Gasteiger partial charge in [-0.25, -0.2) is 4.39 Å². The average Bonchev–Trinajstić information content (AvgIpc) is 2.23. The normalized spacial score (nSPS) is 12.5. The lowest BCUT2D eigenvalue weighted by Gasteiger charge is -2.10. The highest BCUT2D eigenvalue weighted by Gasteiger charge is 2.17. The van der Waals surface area contributed by atoms with Gasteiger partial charge in [0.15, 0.2) is 5.78 Å². The highest BCUT2D eigenvalue weighted by molar-refractivity contribution is 5.98. The Morgan fingerprint density at radius 2 is 2.20 bits per heavy atom. The van der Waals surface area contributed by atoms with E-state index in [0.717, 1.165) is 0 Å². The molecule has 0 fully saturated rings. The summed E-state index contributed by atoms with van der Waals surface area (Å²) >= 11 is 0. The SMILES string of the molecule is CCC(CO)C(=O)c1ccc(F)c(C)c1. The maximum absolute atomic E-state index is 13.0. The summed E-state index contributed by atoms with van der Waals surface area (Å²) in [5.74, 6) is -0.818. The van der Waals surface area contributed by atoms with Crippen molar-refractivity contribution < 1.29 is 14.3 Å². The first-order chi connectivity index (χ1) is 7.10. The van der Waals surface area contributed by atoms with Crippen LogP contribution in [0.2, 0.25) is 0 Å². The molecule has 1 unspecified atom stereocenters. The second kappa shape index (κ2) is 5.03. The molecular weight excluding hydrogens is 195 g/mol. The molecular formula is C12H15FO2. The van der Waals surface area contributed by atoms with Crippen molar-refractivity contribution in [2.24, 2.45) is 5.92 Å². The van der Waals surface area contributed by atoms with Gasteiger partial charge in [0.25, 0.3) is 0 Å². The molecule has 1 rings (SSSR count). The van der Waals surface area contributed by atoms with Crippen LogP contribution in [0.15, 0.2) is 18.2 Å². The van der Waals surface area contributed by atoms with Crippen molar-refractivity contribution in [3.63, 3.8) is 0 Å². The van der Waals surface area contributed by atoms with Crippen LogP contribution in [0.1, 0.15) is 29.3 Å². The van der Waals surface area contributed by atoms with Crippen LogP contribution < -0.4 is 0 Å². The smallest absolute Gasteiger partial charge is 0.168 e. The van der Waals surface area contributed by atoms with Crippen LogP contribution in [-0.2, 0) is 0 Å². The van der Waals surface area contributed by atoms with Gasteiger partial charge in [-0.1, -0.05) is 6.92 Å². The summed E-state index contributed by atoms with van der Waals surface area (Å²) in [5, 5.41) is 8.99. The summed E-state index contributed by atoms with van der Waals surface area (Å²) in [4.78, 5) is 11.8. The van der Waals surface area contributed by atoms with E-state index in [2.05, 4.69) is 0 Å². The monoisotopic (exact) mass is 210 g/mol. The van der Waals surface area contributed by atoms with Gasteiger partial charge in [0.2, 0.25) is 0 Å². The molecule has 15 heavy (non-hydrogen) atoms. The van der Waals surface area contributed by atoms with E-state index in [1.54, 1.807) is 6.92 Å². The van der Waals surface area contributed by atoms with E-state index in [4.69, 9.17) is 5.11 Å². The number of hydrogen-bond acceptors (Lipinski definition) is 2. The van der Waals surface area contributed by atoms with Gasteiger partial charge in [-0.2, -0.15) is 0 Å². The molecule has 0 amide bonds. The molecule has 0 radical (unpaired) electrons.